The second-order valence-corrected chi connectivity index (χ2v) is 4.31. The first-order valence-electron chi connectivity index (χ1n) is 5.52. The average molecular weight is 224 g/mol. The van der Waals surface area contributed by atoms with Gasteiger partial charge in [0.25, 0.3) is 0 Å². The third-order valence-corrected chi connectivity index (χ3v) is 2.71. The van der Waals surface area contributed by atoms with E-state index in [1.807, 2.05) is 20.0 Å². The van der Waals surface area contributed by atoms with Crippen LogP contribution in [0.3, 0.4) is 0 Å². The Morgan fingerprint density at radius 2 is 2.19 bits per heavy atom. The highest BCUT2D eigenvalue weighted by Crippen LogP contribution is 1.99. The van der Waals surface area contributed by atoms with Gasteiger partial charge in [-0.05, 0) is 18.9 Å². The number of urea groups is 1. The predicted molar refractivity (Wildman–Crippen MR) is 62.9 cm³/mol. The highest BCUT2D eigenvalue weighted by atomic mass is 16.2. The fraction of sp³-hybridized carbons (Fsp3) is 0.636. The van der Waals surface area contributed by atoms with E-state index in [0.29, 0.717) is 12.5 Å². The molecule has 0 aliphatic rings. The van der Waals surface area contributed by atoms with Crippen molar-refractivity contribution in [2.45, 2.75) is 33.4 Å². The summed E-state index contributed by atoms with van der Waals surface area (Å²) in [4.78, 5) is 11.5. The second kappa shape index (κ2) is 5.53. The minimum Gasteiger partial charge on any atom is -0.335 e. The SMILES string of the molecule is CC(C)C(C)NC(=O)NCc1ccnn1C. The van der Waals surface area contributed by atoms with E-state index in [0.717, 1.165) is 5.69 Å². The summed E-state index contributed by atoms with van der Waals surface area (Å²) in [6.07, 6.45) is 1.71. The summed E-state index contributed by atoms with van der Waals surface area (Å²) >= 11 is 0. The molecule has 0 saturated carbocycles. The number of aromatic nitrogens is 2. The standard InChI is InChI=1S/C11H20N4O/c1-8(2)9(3)14-11(16)12-7-10-5-6-13-15(10)4/h5-6,8-9H,7H2,1-4H3,(H2,12,14,16). The van der Waals surface area contributed by atoms with Crippen LogP contribution in [0.25, 0.3) is 0 Å². The van der Waals surface area contributed by atoms with E-state index in [9.17, 15) is 4.79 Å². The fourth-order valence-corrected chi connectivity index (χ4v) is 1.17. The van der Waals surface area contributed by atoms with Crippen molar-refractivity contribution in [3.63, 3.8) is 0 Å². The van der Waals surface area contributed by atoms with E-state index < -0.39 is 0 Å². The number of aryl methyl sites for hydroxylation is 1. The number of rotatable bonds is 4. The number of carbonyl (C=O) groups excluding carboxylic acids is 1. The summed E-state index contributed by atoms with van der Waals surface area (Å²) in [5, 5.41) is 9.71. The van der Waals surface area contributed by atoms with Crippen molar-refractivity contribution in [1.82, 2.24) is 20.4 Å². The average Bonchev–Trinajstić information content (AvgIpc) is 2.61. The summed E-state index contributed by atoms with van der Waals surface area (Å²) in [6, 6.07) is 1.92. The topological polar surface area (TPSA) is 59.0 Å². The molecule has 2 N–H and O–H groups in total. The molecule has 16 heavy (non-hydrogen) atoms. The largest absolute Gasteiger partial charge is 0.335 e. The van der Waals surface area contributed by atoms with E-state index in [1.165, 1.54) is 0 Å². The number of amides is 2. The molecule has 1 aromatic heterocycles. The number of carbonyl (C=O) groups is 1. The molecule has 2 amide bonds. The van der Waals surface area contributed by atoms with E-state index in [-0.39, 0.29) is 12.1 Å². The first-order chi connectivity index (χ1) is 7.50. The maximum Gasteiger partial charge on any atom is 0.315 e. The van der Waals surface area contributed by atoms with Crippen molar-refractivity contribution < 1.29 is 4.79 Å². The highest BCUT2D eigenvalue weighted by molar-refractivity contribution is 5.74. The second-order valence-electron chi connectivity index (χ2n) is 4.31. The van der Waals surface area contributed by atoms with Crippen molar-refractivity contribution >= 4 is 6.03 Å². The molecule has 1 heterocycles. The number of nitrogens with zero attached hydrogens (tertiary/aromatic N) is 2. The van der Waals surface area contributed by atoms with Gasteiger partial charge in [0, 0.05) is 19.3 Å². The molecule has 0 bridgehead atoms. The molecule has 0 spiro atoms. The summed E-state index contributed by atoms with van der Waals surface area (Å²) < 4.78 is 1.74. The van der Waals surface area contributed by atoms with E-state index in [2.05, 4.69) is 29.6 Å². The van der Waals surface area contributed by atoms with Gasteiger partial charge in [0.15, 0.2) is 0 Å². The Labute approximate surface area is 96.2 Å². The molecule has 0 aliphatic heterocycles. The zero-order chi connectivity index (χ0) is 12.1. The molecule has 90 valence electrons. The van der Waals surface area contributed by atoms with Gasteiger partial charge in [-0.2, -0.15) is 5.10 Å². The smallest absolute Gasteiger partial charge is 0.315 e. The zero-order valence-corrected chi connectivity index (χ0v) is 10.3. The maximum absolute atomic E-state index is 11.5. The molecular formula is C11H20N4O. The van der Waals surface area contributed by atoms with Crippen LogP contribution in [0.1, 0.15) is 26.5 Å². The van der Waals surface area contributed by atoms with Crippen molar-refractivity contribution in [2.24, 2.45) is 13.0 Å². The van der Waals surface area contributed by atoms with Crippen LogP contribution in [0.2, 0.25) is 0 Å². The van der Waals surface area contributed by atoms with Gasteiger partial charge in [0.2, 0.25) is 0 Å². The van der Waals surface area contributed by atoms with Gasteiger partial charge >= 0.3 is 6.03 Å². The molecule has 5 heteroatoms. The zero-order valence-electron chi connectivity index (χ0n) is 10.3. The minimum absolute atomic E-state index is 0.137. The monoisotopic (exact) mass is 224 g/mol. The first-order valence-corrected chi connectivity index (χ1v) is 5.52. The van der Waals surface area contributed by atoms with Gasteiger partial charge < -0.3 is 10.6 Å². The Morgan fingerprint density at radius 1 is 1.50 bits per heavy atom. The molecule has 0 fully saturated rings. The molecule has 1 atom stereocenters. The van der Waals surface area contributed by atoms with Gasteiger partial charge in [-0.15, -0.1) is 0 Å². The van der Waals surface area contributed by atoms with Gasteiger partial charge in [0.1, 0.15) is 0 Å². The Hall–Kier alpha value is -1.52. The molecular weight excluding hydrogens is 204 g/mol. The van der Waals surface area contributed by atoms with Gasteiger partial charge in [0.05, 0.1) is 12.2 Å². The third-order valence-electron chi connectivity index (χ3n) is 2.71. The van der Waals surface area contributed by atoms with Crippen molar-refractivity contribution in [3.8, 4) is 0 Å². The van der Waals surface area contributed by atoms with Gasteiger partial charge in [-0.3, -0.25) is 4.68 Å². The molecule has 1 unspecified atom stereocenters. The summed E-state index contributed by atoms with van der Waals surface area (Å²) in [6.45, 7) is 6.64. The van der Waals surface area contributed by atoms with Crippen LogP contribution in [0.5, 0.6) is 0 Å². The quantitative estimate of drug-likeness (QED) is 0.809. The minimum atomic E-state index is -0.137. The normalized spacial score (nSPS) is 12.6. The van der Waals surface area contributed by atoms with Crippen LogP contribution < -0.4 is 10.6 Å². The molecule has 0 radical (unpaired) electrons. The molecule has 1 aromatic rings. The lowest BCUT2D eigenvalue weighted by atomic mass is 10.1. The third kappa shape index (κ3) is 3.56. The lowest BCUT2D eigenvalue weighted by molar-refractivity contribution is 0.234. The summed E-state index contributed by atoms with van der Waals surface area (Å²) in [5.41, 5.74) is 0.979. The maximum atomic E-state index is 11.5. The van der Waals surface area contributed by atoms with Gasteiger partial charge in [-0.1, -0.05) is 13.8 Å². The summed E-state index contributed by atoms with van der Waals surface area (Å²) in [5.74, 6) is 0.433. The van der Waals surface area contributed by atoms with Crippen molar-refractivity contribution in [3.05, 3.63) is 18.0 Å². The lowest BCUT2D eigenvalue weighted by Crippen LogP contribution is -2.42. The van der Waals surface area contributed by atoms with Crippen LogP contribution in [-0.2, 0) is 13.6 Å². The van der Waals surface area contributed by atoms with Crippen LogP contribution in [0, 0.1) is 5.92 Å². The molecule has 0 saturated heterocycles. The lowest BCUT2D eigenvalue weighted by Gasteiger charge is -2.17. The van der Waals surface area contributed by atoms with Crippen LogP contribution >= 0.6 is 0 Å². The van der Waals surface area contributed by atoms with E-state index in [1.54, 1.807) is 10.9 Å². The fourth-order valence-electron chi connectivity index (χ4n) is 1.17. The van der Waals surface area contributed by atoms with E-state index in [4.69, 9.17) is 0 Å². The Morgan fingerprint density at radius 3 is 2.69 bits per heavy atom. The van der Waals surface area contributed by atoms with E-state index >= 15 is 0 Å². The summed E-state index contributed by atoms with van der Waals surface area (Å²) in [7, 11) is 1.85. The molecule has 5 nitrogen and oxygen atoms in total. The van der Waals surface area contributed by atoms with Crippen molar-refractivity contribution in [2.75, 3.05) is 0 Å². The predicted octanol–water partition coefficient (Wildman–Crippen LogP) is 1.26. The van der Waals surface area contributed by atoms with Crippen molar-refractivity contribution in [1.29, 1.82) is 0 Å². The van der Waals surface area contributed by atoms with Crippen LogP contribution in [0.15, 0.2) is 12.3 Å². The number of hydrogen-bond acceptors (Lipinski definition) is 2. The first kappa shape index (κ1) is 12.5. The molecule has 0 aromatic carbocycles. The highest BCUT2D eigenvalue weighted by Gasteiger charge is 2.10. The van der Waals surface area contributed by atoms with Gasteiger partial charge in [-0.25, -0.2) is 4.79 Å². The Balaban J connectivity index is 2.33. The Kier molecular flexibility index (Phi) is 4.34. The molecule has 1 rings (SSSR count). The van der Waals surface area contributed by atoms with Crippen LogP contribution in [-0.4, -0.2) is 21.9 Å². The molecule has 0 aliphatic carbocycles. The Bertz CT molecular complexity index is 346. The number of hydrogen-bond donors (Lipinski definition) is 2. The van der Waals surface area contributed by atoms with Crippen LogP contribution in [0.4, 0.5) is 4.79 Å². The number of nitrogens with one attached hydrogen (secondary N) is 2.